The molecule has 0 unspecified atom stereocenters. The van der Waals surface area contributed by atoms with Gasteiger partial charge in [-0.3, -0.25) is 9.89 Å². The Morgan fingerprint density at radius 1 is 0.972 bits per heavy atom. The topological polar surface area (TPSA) is 81.2 Å². The van der Waals surface area contributed by atoms with E-state index in [1.807, 2.05) is 55.2 Å². The van der Waals surface area contributed by atoms with E-state index >= 15 is 0 Å². The van der Waals surface area contributed by atoms with E-state index in [0.717, 1.165) is 70.3 Å². The average Bonchev–Trinajstić information content (AvgIpc) is 3.67. The number of hydrogen-bond acceptors (Lipinski definition) is 7. The second-order valence-electron chi connectivity index (χ2n) is 8.75. The van der Waals surface area contributed by atoms with E-state index in [1.165, 1.54) is 11.3 Å². The summed E-state index contributed by atoms with van der Waals surface area (Å²) in [7, 11) is 1.83. The number of piperazine rings is 1. The SMILES string of the molecule is CN(C(=O)c1cccs1)c1cccc(N2CCN(c3ncnc4ccc(-c5cn[nH]c5)cc34)CC2)c1. The summed E-state index contributed by atoms with van der Waals surface area (Å²) in [6.07, 6.45) is 5.36. The van der Waals surface area contributed by atoms with E-state index in [-0.39, 0.29) is 5.91 Å². The fraction of sp³-hybridized carbons (Fsp3) is 0.185. The number of thiophene rings is 1. The maximum absolute atomic E-state index is 12.8. The number of nitrogens with zero attached hydrogens (tertiary/aromatic N) is 6. The lowest BCUT2D eigenvalue weighted by atomic mass is 10.1. The van der Waals surface area contributed by atoms with Crippen molar-refractivity contribution in [3.63, 3.8) is 0 Å². The fourth-order valence-electron chi connectivity index (χ4n) is 4.64. The van der Waals surface area contributed by atoms with Crippen LogP contribution in [0.3, 0.4) is 0 Å². The first-order chi connectivity index (χ1) is 17.7. The summed E-state index contributed by atoms with van der Waals surface area (Å²) in [5, 5.41) is 9.92. The zero-order valence-corrected chi connectivity index (χ0v) is 20.7. The number of rotatable bonds is 5. The summed E-state index contributed by atoms with van der Waals surface area (Å²) in [6.45, 7) is 3.41. The van der Waals surface area contributed by atoms with Crippen molar-refractivity contribution in [1.29, 1.82) is 0 Å². The predicted octanol–water partition coefficient (Wildman–Crippen LogP) is 4.68. The highest BCUT2D eigenvalue weighted by Gasteiger charge is 2.22. The first kappa shape index (κ1) is 22.2. The van der Waals surface area contributed by atoms with Gasteiger partial charge < -0.3 is 14.7 Å². The van der Waals surface area contributed by atoms with E-state index < -0.39 is 0 Å². The molecule has 5 aromatic rings. The zero-order valence-electron chi connectivity index (χ0n) is 19.8. The molecule has 0 aliphatic carbocycles. The molecule has 1 fully saturated rings. The molecule has 36 heavy (non-hydrogen) atoms. The molecule has 4 heterocycles. The third kappa shape index (κ3) is 4.18. The highest BCUT2D eigenvalue weighted by atomic mass is 32.1. The Balaban J connectivity index is 1.20. The summed E-state index contributed by atoms with van der Waals surface area (Å²) in [5.41, 5.74) is 5.07. The molecule has 1 aliphatic heterocycles. The number of aromatic nitrogens is 4. The van der Waals surface area contributed by atoms with Crippen molar-refractivity contribution in [2.45, 2.75) is 0 Å². The molecule has 1 aliphatic rings. The van der Waals surface area contributed by atoms with Gasteiger partial charge in [0.05, 0.1) is 16.6 Å². The summed E-state index contributed by atoms with van der Waals surface area (Å²) >= 11 is 1.46. The molecule has 2 aromatic carbocycles. The normalized spacial score (nSPS) is 13.8. The largest absolute Gasteiger partial charge is 0.368 e. The molecule has 8 nitrogen and oxygen atoms in total. The summed E-state index contributed by atoms with van der Waals surface area (Å²) in [6, 6.07) is 18.2. The van der Waals surface area contributed by atoms with Crippen molar-refractivity contribution < 1.29 is 4.79 Å². The van der Waals surface area contributed by atoms with Crippen molar-refractivity contribution >= 4 is 45.3 Å². The second-order valence-corrected chi connectivity index (χ2v) is 9.70. The van der Waals surface area contributed by atoms with Crippen LogP contribution in [0, 0.1) is 0 Å². The van der Waals surface area contributed by atoms with Gasteiger partial charge >= 0.3 is 0 Å². The third-order valence-corrected chi connectivity index (χ3v) is 7.50. The molecule has 1 saturated heterocycles. The number of aromatic amines is 1. The van der Waals surface area contributed by atoms with Crippen LogP contribution in [-0.2, 0) is 0 Å². The maximum atomic E-state index is 12.8. The maximum Gasteiger partial charge on any atom is 0.268 e. The van der Waals surface area contributed by atoms with Gasteiger partial charge in [0.2, 0.25) is 0 Å². The van der Waals surface area contributed by atoms with Crippen molar-refractivity contribution in [3.8, 4) is 11.1 Å². The molecule has 9 heteroatoms. The van der Waals surface area contributed by atoms with Crippen LogP contribution in [0.2, 0.25) is 0 Å². The lowest BCUT2D eigenvalue weighted by Gasteiger charge is -2.37. The minimum absolute atomic E-state index is 0.0115. The molecular formula is C27H25N7OS. The third-order valence-electron chi connectivity index (χ3n) is 6.64. The highest BCUT2D eigenvalue weighted by Crippen LogP contribution is 2.30. The number of H-pyrrole nitrogens is 1. The fourth-order valence-corrected chi connectivity index (χ4v) is 5.34. The monoisotopic (exact) mass is 495 g/mol. The molecule has 1 N–H and O–H groups in total. The highest BCUT2D eigenvalue weighted by molar-refractivity contribution is 7.12. The zero-order chi connectivity index (χ0) is 24.5. The van der Waals surface area contributed by atoms with Gasteiger partial charge in [0.15, 0.2) is 0 Å². The molecule has 0 atom stereocenters. The molecule has 0 radical (unpaired) electrons. The predicted molar refractivity (Wildman–Crippen MR) is 145 cm³/mol. The smallest absolute Gasteiger partial charge is 0.268 e. The molecule has 180 valence electrons. The van der Waals surface area contributed by atoms with Crippen LogP contribution in [-0.4, -0.2) is 59.3 Å². The summed E-state index contributed by atoms with van der Waals surface area (Å²) in [5.74, 6) is 0.970. The summed E-state index contributed by atoms with van der Waals surface area (Å²) < 4.78 is 0. The van der Waals surface area contributed by atoms with Gasteiger partial charge in [-0.2, -0.15) is 5.10 Å². The first-order valence-electron chi connectivity index (χ1n) is 11.8. The number of fused-ring (bicyclic) bond motifs is 1. The molecule has 0 spiro atoms. The van der Waals surface area contributed by atoms with E-state index in [2.05, 4.69) is 54.2 Å². The van der Waals surface area contributed by atoms with Crippen molar-refractivity contribution in [1.82, 2.24) is 20.2 Å². The number of benzene rings is 2. The number of hydrogen-bond donors (Lipinski definition) is 1. The minimum Gasteiger partial charge on any atom is -0.368 e. The Kier molecular flexibility index (Phi) is 5.82. The number of anilines is 3. The van der Waals surface area contributed by atoms with Crippen LogP contribution >= 0.6 is 11.3 Å². The van der Waals surface area contributed by atoms with Gasteiger partial charge in [0.1, 0.15) is 12.1 Å². The van der Waals surface area contributed by atoms with Crippen molar-refractivity contribution in [3.05, 3.63) is 83.6 Å². The van der Waals surface area contributed by atoms with Gasteiger partial charge in [-0.1, -0.05) is 18.2 Å². The van der Waals surface area contributed by atoms with Gasteiger partial charge in [-0.05, 0) is 47.3 Å². The Bertz CT molecular complexity index is 1490. The van der Waals surface area contributed by atoms with E-state index in [1.54, 1.807) is 11.2 Å². The quantitative estimate of drug-likeness (QED) is 0.381. The average molecular weight is 496 g/mol. The van der Waals surface area contributed by atoms with Crippen molar-refractivity contribution in [2.24, 2.45) is 0 Å². The van der Waals surface area contributed by atoms with E-state index in [4.69, 9.17) is 0 Å². The Morgan fingerprint density at radius 2 is 1.83 bits per heavy atom. The standard InChI is InChI=1S/C27H25N7OS/c1-32(27(35)25-6-3-13-36-25)21-4-2-5-22(15-21)33-9-11-34(12-10-33)26-23-14-19(20-16-30-31-17-20)7-8-24(23)28-18-29-26/h2-8,13-18H,9-12H2,1H3,(H,30,31). The second kappa shape index (κ2) is 9.43. The minimum atomic E-state index is 0.0115. The summed E-state index contributed by atoms with van der Waals surface area (Å²) in [4.78, 5) is 29.1. The lowest BCUT2D eigenvalue weighted by molar-refractivity contribution is 0.0997. The van der Waals surface area contributed by atoms with E-state index in [0.29, 0.717) is 0 Å². The number of carbonyl (C=O) groups excluding carboxylic acids is 1. The van der Waals surface area contributed by atoms with Gasteiger partial charge in [-0.25, -0.2) is 9.97 Å². The van der Waals surface area contributed by atoms with Crippen molar-refractivity contribution in [2.75, 3.05) is 47.9 Å². The molecule has 6 rings (SSSR count). The van der Waals surface area contributed by atoms with Crippen LogP contribution in [0.1, 0.15) is 9.67 Å². The van der Waals surface area contributed by atoms with Gasteiger partial charge in [-0.15, -0.1) is 11.3 Å². The van der Waals surface area contributed by atoms with E-state index in [9.17, 15) is 4.79 Å². The van der Waals surface area contributed by atoms with Gasteiger partial charge in [0, 0.05) is 61.7 Å². The molecular weight excluding hydrogens is 470 g/mol. The molecule has 0 bridgehead atoms. The molecule has 1 amide bonds. The van der Waals surface area contributed by atoms with Crippen LogP contribution < -0.4 is 14.7 Å². The molecule has 0 saturated carbocycles. The Labute approximate surface area is 212 Å². The molecule has 3 aromatic heterocycles. The number of amides is 1. The van der Waals surface area contributed by atoms with Gasteiger partial charge in [0.25, 0.3) is 5.91 Å². The lowest BCUT2D eigenvalue weighted by Crippen LogP contribution is -2.47. The Hall–Kier alpha value is -4.24. The van der Waals surface area contributed by atoms with Crippen LogP contribution in [0.4, 0.5) is 17.2 Å². The van der Waals surface area contributed by atoms with Crippen LogP contribution in [0.15, 0.2) is 78.7 Å². The van der Waals surface area contributed by atoms with Crippen LogP contribution in [0.5, 0.6) is 0 Å². The first-order valence-corrected chi connectivity index (χ1v) is 12.7. The number of carbonyl (C=O) groups is 1. The number of nitrogens with one attached hydrogen (secondary N) is 1. The van der Waals surface area contributed by atoms with Crippen LogP contribution in [0.25, 0.3) is 22.0 Å². The Morgan fingerprint density at radius 3 is 2.61 bits per heavy atom.